The van der Waals surface area contributed by atoms with E-state index in [4.69, 9.17) is 4.42 Å². The molecule has 1 aliphatic carbocycles. The normalized spacial score (nSPS) is 15.4. The standard InChI is InChI=1S/C17H22N4O2S/c1-13-19-20-17(23-13)24-12-16(22)21(15-8-3-2-4-9-15)11-14-7-5-6-10-18-14/h5-7,10,15H,2-4,8-9,11-12H2,1H3. The third kappa shape index (κ3) is 4.56. The van der Waals surface area contributed by atoms with Gasteiger partial charge in [0.1, 0.15) is 0 Å². The first-order chi connectivity index (χ1) is 11.7. The molecule has 1 fully saturated rings. The van der Waals surface area contributed by atoms with Gasteiger partial charge in [-0.2, -0.15) is 0 Å². The van der Waals surface area contributed by atoms with Crippen LogP contribution < -0.4 is 0 Å². The summed E-state index contributed by atoms with van der Waals surface area (Å²) in [6.07, 6.45) is 7.55. The average Bonchev–Trinajstić information content (AvgIpc) is 3.04. The highest BCUT2D eigenvalue weighted by molar-refractivity contribution is 7.99. The lowest BCUT2D eigenvalue weighted by molar-refractivity contribution is -0.132. The minimum Gasteiger partial charge on any atom is -0.416 e. The summed E-state index contributed by atoms with van der Waals surface area (Å²) in [5.41, 5.74) is 0.926. The molecule has 0 bridgehead atoms. The molecule has 2 heterocycles. The average molecular weight is 346 g/mol. The van der Waals surface area contributed by atoms with Gasteiger partial charge in [-0.05, 0) is 25.0 Å². The summed E-state index contributed by atoms with van der Waals surface area (Å²) in [4.78, 5) is 19.2. The molecule has 6 nitrogen and oxygen atoms in total. The van der Waals surface area contributed by atoms with Crippen LogP contribution in [-0.2, 0) is 11.3 Å². The Morgan fingerprint density at radius 1 is 1.29 bits per heavy atom. The second-order valence-electron chi connectivity index (χ2n) is 6.01. The quantitative estimate of drug-likeness (QED) is 0.748. The molecule has 0 aromatic carbocycles. The molecule has 7 heteroatoms. The van der Waals surface area contributed by atoms with Gasteiger partial charge in [0.15, 0.2) is 0 Å². The molecule has 0 atom stereocenters. The van der Waals surface area contributed by atoms with Crippen molar-refractivity contribution in [2.45, 2.75) is 56.8 Å². The Bertz CT molecular complexity index is 656. The Kier molecular flexibility index (Phi) is 5.85. The highest BCUT2D eigenvalue weighted by Crippen LogP contribution is 2.25. The zero-order valence-corrected chi connectivity index (χ0v) is 14.7. The number of carbonyl (C=O) groups excluding carboxylic acids is 1. The van der Waals surface area contributed by atoms with Crippen molar-refractivity contribution in [3.63, 3.8) is 0 Å². The van der Waals surface area contributed by atoms with E-state index in [1.165, 1.54) is 31.0 Å². The van der Waals surface area contributed by atoms with Crippen LogP contribution in [0.5, 0.6) is 0 Å². The summed E-state index contributed by atoms with van der Waals surface area (Å²) < 4.78 is 5.34. The van der Waals surface area contributed by atoms with E-state index in [0.717, 1.165) is 18.5 Å². The van der Waals surface area contributed by atoms with Crippen molar-refractivity contribution >= 4 is 17.7 Å². The molecule has 1 amide bonds. The van der Waals surface area contributed by atoms with Crippen LogP contribution in [0, 0.1) is 6.92 Å². The molecule has 0 saturated heterocycles. The van der Waals surface area contributed by atoms with Gasteiger partial charge in [0.25, 0.3) is 5.22 Å². The summed E-state index contributed by atoms with van der Waals surface area (Å²) in [6, 6.07) is 6.13. The van der Waals surface area contributed by atoms with Crippen LogP contribution in [0.1, 0.15) is 43.7 Å². The van der Waals surface area contributed by atoms with Crippen LogP contribution in [0.2, 0.25) is 0 Å². The molecule has 128 valence electrons. The lowest BCUT2D eigenvalue weighted by atomic mass is 9.94. The van der Waals surface area contributed by atoms with Gasteiger partial charge < -0.3 is 9.32 Å². The molecule has 24 heavy (non-hydrogen) atoms. The van der Waals surface area contributed by atoms with Gasteiger partial charge in [-0.15, -0.1) is 10.2 Å². The van der Waals surface area contributed by atoms with E-state index < -0.39 is 0 Å². The Morgan fingerprint density at radius 2 is 2.12 bits per heavy atom. The van der Waals surface area contributed by atoms with Gasteiger partial charge in [-0.25, -0.2) is 0 Å². The lowest BCUT2D eigenvalue weighted by Gasteiger charge is -2.34. The topological polar surface area (TPSA) is 72.1 Å². The van der Waals surface area contributed by atoms with E-state index in [1.807, 2.05) is 23.1 Å². The number of nitrogens with zero attached hydrogens (tertiary/aromatic N) is 4. The first-order valence-corrected chi connectivity index (χ1v) is 9.33. The first kappa shape index (κ1) is 17.0. The number of rotatable bonds is 6. The number of hydrogen-bond donors (Lipinski definition) is 0. The smallest absolute Gasteiger partial charge is 0.277 e. The largest absolute Gasteiger partial charge is 0.416 e. The maximum atomic E-state index is 12.8. The SMILES string of the molecule is Cc1nnc(SCC(=O)N(Cc2ccccn2)C2CCCCC2)o1. The molecule has 2 aromatic heterocycles. The lowest BCUT2D eigenvalue weighted by Crippen LogP contribution is -2.42. The van der Waals surface area contributed by atoms with Crippen LogP contribution in [0.3, 0.4) is 0 Å². The summed E-state index contributed by atoms with van der Waals surface area (Å²) in [7, 11) is 0. The number of aryl methyl sites for hydroxylation is 1. The monoisotopic (exact) mass is 346 g/mol. The van der Waals surface area contributed by atoms with E-state index in [9.17, 15) is 4.79 Å². The fraction of sp³-hybridized carbons (Fsp3) is 0.529. The third-order valence-electron chi connectivity index (χ3n) is 4.22. The predicted octanol–water partition coefficient (Wildman–Crippen LogP) is 3.23. The van der Waals surface area contributed by atoms with Crippen LogP contribution >= 0.6 is 11.8 Å². The summed E-state index contributed by atoms with van der Waals surface area (Å²) in [5.74, 6) is 0.932. The molecule has 2 aromatic rings. The van der Waals surface area contributed by atoms with Gasteiger partial charge in [0.05, 0.1) is 18.0 Å². The summed E-state index contributed by atoms with van der Waals surface area (Å²) in [6.45, 7) is 2.31. The van der Waals surface area contributed by atoms with Gasteiger partial charge in [0, 0.05) is 19.2 Å². The van der Waals surface area contributed by atoms with Crippen molar-refractivity contribution in [2.24, 2.45) is 0 Å². The highest BCUT2D eigenvalue weighted by Gasteiger charge is 2.26. The van der Waals surface area contributed by atoms with E-state index in [-0.39, 0.29) is 5.91 Å². The highest BCUT2D eigenvalue weighted by atomic mass is 32.2. The zero-order chi connectivity index (χ0) is 16.8. The minimum atomic E-state index is 0.105. The first-order valence-electron chi connectivity index (χ1n) is 8.34. The van der Waals surface area contributed by atoms with E-state index >= 15 is 0 Å². The second kappa shape index (κ2) is 8.28. The molecular formula is C17H22N4O2S. The molecule has 1 saturated carbocycles. The van der Waals surface area contributed by atoms with Crippen molar-refractivity contribution in [2.75, 3.05) is 5.75 Å². The number of aromatic nitrogens is 3. The fourth-order valence-electron chi connectivity index (χ4n) is 3.02. The zero-order valence-electron chi connectivity index (χ0n) is 13.9. The predicted molar refractivity (Wildman–Crippen MR) is 91.4 cm³/mol. The van der Waals surface area contributed by atoms with Gasteiger partial charge in [-0.1, -0.05) is 37.1 Å². The van der Waals surface area contributed by atoms with E-state index in [1.54, 1.807) is 13.1 Å². The van der Waals surface area contributed by atoms with Crippen LogP contribution in [0.4, 0.5) is 0 Å². The Hall–Kier alpha value is -1.89. The summed E-state index contributed by atoms with van der Waals surface area (Å²) >= 11 is 1.30. The Labute approximate surface area is 146 Å². The van der Waals surface area contributed by atoms with E-state index in [2.05, 4.69) is 15.2 Å². The van der Waals surface area contributed by atoms with Crippen molar-refractivity contribution in [1.29, 1.82) is 0 Å². The Balaban J connectivity index is 1.66. The maximum absolute atomic E-state index is 12.8. The third-order valence-corrected chi connectivity index (χ3v) is 5.02. The number of hydrogen-bond acceptors (Lipinski definition) is 6. The maximum Gasteiger partial charge on any atom is 0.277 e. The number of pyridine rings is 1. The number of carbonyl (C=O) groups is 1. The second-order valence-corrected chi connectivity index (χ2v) is 6.94. The van der Waals surface area contributed by atoms with E-state index in [0.29, 0.717) is 29.5 Å². The molecule has 0 N–H and O–H groups in total. The molecule has 1 aliphatic rings. The van der Waals surface area contributed by atoms with Crippen LogP contribution in [-0.4, -0.2) is 37.8 Å². The molecule has 3 rings (SSSR count). The van der Waals surface area contributed by atoms with Crippen LogP contribution in [0.25, 0.3) is 0 Å². The number of amides is 1. The summed E-state index contributed by atoms with van der Waals surface area (Å²) in [5, 5.41) is 8.18. The molecule has 0 spiro atoms. The molecular weight excluding hydrogens is 324 g/mol. The van der Waals surface area contributed by atoms with Crippen molar-refractivity contribution in [1.82, 2.24) is 20.1 Å². The molecule has 0 aliphatic heterocycles. The van der Waals surface area contributed by atoms with Gasteiger partial charge in [0.2, 0.25) is 11.8 Å². The van der Waals surface area contributed by atoms with Crippen molar-refractivity contribution in [3.8, 4) is 0 Å². The van der Waals surface area contributed by atoms with Crippen molar-refractivity contribution < 1.29 is 9.21 Å². The van der Waals surface area contributed by atoms with Crippen LogP contribution in [0.15, 0.2) is 34.0 Å². The fourth-order valence-corrected chi connectivity index (χ4v) is 3.71. The molecule has 0 radical (unpaired) electrons. The van der Waals surface area contributed by atoms with Crippen molar-refractivity contribution in [3.05, 3.63) is 36.0 Å². The van der Waals surface area contributed by atoms with Gasteiger partial charge in [-0.3, -0.25) is 9.78 Å². The molecule has 0 unspecified atom stereocenters. The minimum absolute atomic E-state index is 0.105. The number of thioether (sulfide) groups is 1. The Morgan fingerprint density at radius 3 is 2.79 bits per heavy atom. The van der Waals surface area contributed by atoms with Gasteiger partial charge >= 0.3 is 0 Å².